The minimum Gasteiger partial charge on any atom is -0.497 e. The van der Waals surface area contributed by atoms with Crippen LogP contribution in [-0.2, 0) is 29.1 Å². The van der Waals surface area contributed by atoms with Crippen LogP contribution in [0.2, 0.25) is 0 Å². The summed E-state index contributed by atoms with van der Waals surface area (Å²) in [6.45, 7) is 3.14. The largest absolute Gasteiger partial charge is 0.497 e. The summed E-state index contributed by atoms with van der Waals surface area (Å²) in [4.78, 5) is 14.2. The van der Waals surface area contributed by atoms with E-state index in [1.54, 1.807) is 18.4 Å². The Morgan fingerprint density at radius 1 is 1.23 bits per heavy atom. The topological polar surface area (TPSA) is 47.6 Å². The Kier molecular flexibility index (Phi) is 6.43. The predicted octanol–water partition coefficient (Wildman–Crippen LogP) is 3.15. The third kappa shape index (κ3) is 5.16. The van der Waals surface area contributed by atoms with Crippen LogP contribution in [0.1, 0.15) is 22.2 Å². The quantitative estimate of drug-likeness (QED) is 0.813. The van der Waals surface area contributed by atoms with Crippen molar-refractivity contribution in [1.29, 1.82) is 0 Å². The Hall–Kier alpha value is -1.85. The summed E-state index contributed by atoms with van der Waals surface area (Å²) in [6, 6.07) is 11.8. The van der Waals surface area contributed by atoms with E-state index in [4.69, 9.17) is 9.47 Å². The van der Waals surface area contributed by atoms with E-state index < -0.39 is 0 Å². The fraction of sp³-hybridized carbons (Fsp3) is 0.353. The Morgan fingerprint density at radius 2 is 2.05 bits per heavy atom. The molecule has 0 fully saturated rings. The van der Waals surface area contributed by atoms with Gasteiger partial charge in [-0.2, -0.15) is 0 Å². The molecule has 0 aliphatic rings. The zero-order valence-corrected chi connectivity index (χ0v) is 13.7. The van der Waals surface area contributed by atoms with Gasteiger partial charge in [-0.1, -0.05) is 19.1 Å². The van der Waals surface area contributed by atoms with Crippen molar-refractivity contribution in [1.82, 2.24) is 5.32 Å². The summed E-state index contributed by atoms with van der Waals surface area (Å²) < 4.78 is 10.6. The Morgan fingerprint density at radius 3 is 2.77 bits per heavy atom. The summed E-state index contributed by atoms with van der Waals surface area (Å²) in [5, 5.41) is 2.87. The summed E-state index contributed by atoms with van der Waals surface area (Å²) in [5.74, 6) is 0.685. The number of carbonyl (C=O) groups excluding carboxylic acids is 1. The SMILES string of the molecule is CCc1ccc(CNC(=O)COCc2cccc(OC)c2)s1. The third-order valence-electron chi connectivity index (χ3n) is 3.16. The predicted molar refractivity (Wildman–Crippen MR) is 88.2 cm³/mol. The summed E-state index contributed by atoms with van der Waals surface area (Å²) >= 11 is 1.73. The smallest absolute Gasteiger partial charge is 0.246 e. The molecule has 1 amide bonds. The molecule has 0 saturated carbocycles. The molecular weight excluding hydrogens is 298 g/mol. The van der Waals surface area contributed by atoms with Gasteiger partial charge in [0, 0.05) is 9.75 Å². The zero-order valence-electron chi connectivity index (χ0n) is 12.9. The molecule has 1 heterocycles. The van der Waals surface area contributed by atoms with Gasteiger partial charge in [0.25, 0.3) is 0 Å². The first-order valence-electron chi connectivity index (χ1n) is 7.26. The highest BCUT2D eigenvalue weighted by Gasteiger charge is 2.04. The molecule has 0 radical (unpaired) electrons. The Bertz CT molecular complexity index is 609. The van der Waals surface area contributed by atoms with Crippen molar-refractivity contribution in [3.8, 4) is 5.75 Å². The van der Waals surface area contributed by atoms with Gasteiger partial charge in [0.15, 0.2) is 0 Å². The highest BCUT2D eigenvalue weighted by Crippen LogP contribution is 2.16. The first-order valence-corrected chi connectivity index (χ1v) is 8.08. The average Bonchev–Trinajstić information content (AvgIpc) is 3.01. The molecule has 0 bridgehead atoms. The van der Waals surface area contributed by atoms with E-state index in [-0.39, 0.29) is 12.5 Å². The molecule has 0 unspecified atom stereocenters. The molecule has 1 aromatic carbocycles. The molecule has 5 heteroatoms. The number of methoxy groups -OCH3 is 1. The molecule has 0 atom stereocenters. The lowest BCUT2D eigenvalue weighted by Gasteiger charge is -2.07. The zero-order chi connectivity index (χ0) is 15.8. The molecule has 4 nitrogen and oxygen atoms in total. The van der Waals surface area contributed by atoms with Crippen molar-refractivity contribution in [2.24, 2.45) is 0 Å². The van der Waals surface area contributed by atoms with E-state index in [0.717, 1.165) is 22.6 Å². The number of rotatable bonds is 8. The monoisotopic (exact) mass is 319 g/mol. The number of hydrogen-bond acceptors (Lipinski definition) is 4. The third-order valence-corrected chi connectivity index (χ3v) is 4.39. The van der Waals surface area contributed by atoms with Gasteiger partial charge in [-0.3, -0.25) is 4.79 Å². The molecule has 0 spiro atoms. The summed E-state index contributed by atoms with van der Waals surface area (Å²) in [6.07, 6.45) is 1.03. The highest BCUT2D eigenvalue weighted by atomic mass is 32.1. The van der Waals surface area contributed by atoms with Gasteiger partial charge in [0.2, 0.25) is 5.91 Å². The van der Waals surface area contributed by atoms with E-state index in [2.05, 4.69) is 24.4 Å². The highest BCUT2D eigenvalue weighted by molar-refractivity contribution is 7.11. The lowest BCUT2D eigenvalue weighted by molar-refractivity contribution is -0.126. The van der Waals surface area contributed by atoms with Gasteiger partial charge in [-0.25, -0.2) is 0 Å². The molecule has 2 rings (SSSR count). The van der Waals surface area contributed by atoms with Crippen molar-refractivity contribution in [2.75, 3.05) is 13.7 Å². The minimum atomic E-state index is -0.102. The molecule has 22 heavy (non-hydrogen) atoms. The molecule has 0 saturated heterocycles. The van der Waals surface area contributed by atoms with Gasteiger partial charge in [-0.05, 0) is 36.2 Å². The first-order chi connectivity index (χ1) is 10.7. The van der Waals surface area contributed by atoms with Crippen molar-refractivity contribution < 1.29 is 14.3 Å². The molecule has 0 aliphatic heterocycles. The fourth-order valence-corrected chi connectivity index (χ4v) is 2.87. The van der Waals surface area contributed by atoms with E-state index in [9.17, 15) is 4.79 Å². The van der Waals surface area contributed by atoms with Crippen LogP contribution in [-0.4, -0.2) is 19.6 Å². The van der Waals surface area contributed by atoms with E-state index in [0.29, 0.717) is 13.2 Å². The lowest BCUT2D eigenvalue weighted by atomic mass is 10.2. The van der Waals surface area contributed by atoms with E-state index in [1.807, 2.05) is 24.3 Å². The van der Waals surface area contributed by atoms with Crippen molar-refractivity contribution in [2.45, 2.75) is 26.5 Å². The van der Waals surface area contributed by atoms with Gasteiger partial charge >= 0.3 is 0 Å². The van der Waals surface area contributed by atoms with E-state index >= 15 is 0 Å². The van der Waals surface area contributed by atoms with Gasteiger partial charge in [0.05, 0.1) is 20.3 Å². The Balaban J connectivity index is 1.69. The van der Waals surface area contributed by atoms with Crippen LogP contribution in [0.25, 0.3) is 0 Å². The molecule has 118 valence electrons. The number of benzene rings is 1. The number of ether oxygens (including phenoxy) is 2. The average molecular weight is 319 g/mol. The molecule has 2 aromatic rings. The van der Waals surface area contributed by atoms with Crippen LogP contribution in [0.4, 0.5) is 0 Å². The van der Waals surface area contributed by atoms with Gasteiger partial charge in [0.1, 0.15) is 12.4 Å². The van der Waals surface area contributed by atoms with Crippen LogP contribution in [0.15, 0.2) is 36.4 Å². The second-order valence-corrected chi connectivity index (χ2v) is 6.10. The standard InChI is InChI=1S/C17H21NO3S/c1-3-15-7-8-16(22-15)10-18-17(19)12-21-11-13-5-4-6-14(9-13)20-2/h4-9H,3,10-12H2,1-2H3,(H,18,19). The number of aryl methyl sites for hydroxylation is 1. The Labute approximate surface area is 135 Å². The van der Waals surface area contributed by atoms with Gasteiger partial charge in [-0.15, -0.1) is 11.3 Å². The van der Waals surface area contributed by atoms with Crippen LogP contribution in [0, 0.1) is 0 Å². The van der Waals surface area contributed by atoms with Crippen LogP contribution in [0.5, 0.6) is 5.75 Å². The second-order valence-electron chi connectivity index (χ2n) is 4.84. The molecule has 1 aromatic heterocycles. The van der Waals surface area contributed by atoms with Crippen LogP contribution >= 0.6 is 11.3 Å². The number of amides is 1. The fourth-order valence-electron chi connectivity index (χ4n) is 1.97. The van der Waals surface area contributed by atoms with Crippen molar-refractivity contribution in [3.63, 3.8) is 0 Å². The van der Waals surface area contributed by atoms with Gasteiger partial charge < -0.3 is 14.8 Å². The lowest BCUT2D eigenvalue weighted by Crippen LogP contribution is -2.26. The molecule has 1 N–H and O–H groups in total. The minimum absolute atomic E-state index is 0.0587. The first kappa shape index (κ1) is 16.5. The number of carbonyl (C=O) groups is 1. The van der Waals surface area contributed by atoms with Crippen molar-refractivity contribution in [3.05, 3.63) is 51.7 Å². The van der Waals surface area contributed by atoms with Crippen LogP contribution < -0.4 is 10.1 Å². The maximum absolute atomic E-state index is 11.7. The van der Waals surface area contributed by atoms with Crippen LogP contribution in [0.3, 0.4) is 0 Å². The normalized spacial score (nSPS) is 10.5. The van der Waals surface area contributed by atoms with E-state index in [1.165, 1.54) is 4.88 Å². The summed E-state index contributed by atoms with van der Waals surface area (Å²) in [7, 11) is 1.63. The maximum atomic E-state index is 11.7. The number of nitrogens with one attached hydrogen (secondary N) is 1. The molecule has 0 aliphatic carbocycles. The number of thiophene rings is 1. The molecular formula is C17H21NO3S. The van der Waals surface area contributed by atoms with Crippen molar-refractivity contribution >= 4 is 17.2 Å². The number of hydrogen-bond donors (Lipinski definition) is 1. The summed E-state index contributed by atoms with van der Waals surface area (Å²) in [5.41, 5.74) is 0.984. The maximum Gasteiger partial charge on any atom is 0.246 e. The second kappa shape index (κ2) is 8.56.